The van der Waals surface area contributed by atoms with Gasteiger partial charge in [-0.2, -0.15) is 0 Å². The van der Waals surface area contributed by atoms with Crippen LogP contribution in [0.4, 0.5) is 14.9 Å². The number of nitrogens with one attached hydrogen (secondary N) is 2. The Morgan fingerprint density at radius 3 is 2.29 bits per heavy atom. The molecule has 2 amide bonds. The average Bonchev–Trinajstić information content (AvgIpc) is 2.73. The van der Waals surface area contributed by atoms with Gasteiger partial charge in [-0.1, -0.05) is 30.3 Å². The molecule has 1 saturated heterocycles. The van der Waals surface area contributed by atoms with E-state index in [4.69, 9.17) is 0 Å². The van der Waals surface area contributed by atoms with Crippen LogP contribution >= 0.6 is 0 Å². The summed E-state index contributed by atoms with van der Waals surface area (Å²) in [6.45, 7) is 5.87. The predicted molar refractivity (Wildman–Crippen MR) is 111 cm³/mol. The molecule has 150 valence electrons. The highest BCUT2D eigenvalue weighted by Crippen LogP contribution is 2.16. The van der Waals surface area contributed by atoms with Crippen LogP contribution in [-0.2, 0) is 6.42 Å². The lowest BCUT2D eigenvalue weighted by Gasteiger charge is -2.36. The molecule has 1 fully saturated rings. The summed E-state index contributed by atoms with van der Waals surface area (Å²) < 4.78 is 13.0. The number of carbonyl (C=O) groups is 1. The average molecular weight is 384 g/mol. The Kier molecular flexibility index (Phi) is 7.67. The number of aryl methyl sites for hydroxylation is 1. The van der Waals surface area contributed by atoms with Gasteiger partial charge in [0.2, 0.25) is 0 Å². The number of amides is 2. The van der Waals surface area contributed by atoms with Gasteiger partial charge in [0.25, 0.3) is 0 Å². The summed E-state index contributed by atoms with van der Waals surface area (Å²) in [6.07, 6.45) is 1.90. The third kappa shape index (κ3) is 6.53. The molecule has 3 rings (SSSR count). The van der Waals surface area contributed by atoms with Gasteiger partial charge in [-0.15, -0.1) is 0 Å². The minimum absolute atomic E-state index is 0.0991. The molecular formula is C22H29FN4O. The van der Waals surface area contributed by atoms with Gasteiger partial charge in [-0.05, 0) is 42.7 Å². The van der Waals surface area contributed by atoms with Gasteiger partial charge in [-0.3, -0.25) is 4.90 Å². The molecule has 28 heavy (non-hydrogen) atoms. The lowest BCUT2D eigenvalue weighted by Crippen LogP contribution is -2.49. The number of urea groups is 1. The van der Waals surface area contributed by atoms with Crippen molar-refractivity contribution in [2.75, 3.05) is 50.7 Å². The summed E-state index contributed by atoms with van der Waals surface area (Å²) in [7, 11) is 0. The molecule has 0 aromatic heterocycles. The summed E-state index contributed by atoms with van der Waals surface area (Å²) in [5.74, 6) is -0.202. The summed E-state index contributed by atoms with van der Waals surface area (Å²) in [6, 6.07) is 16.9. The fourth-order valence-electron chi connectivity index (χ4n) is 3.41. The number of halogens is 1. The monoisotopic (exact) mass is 384 g/mol. The van der Waals surface area contributed by atoms with E-state index in [1.807, 2.05) is 30.3 Å². The van der Waals surface area contributed by atoms with Crippen molar-refractivity contribution in [2.45, 2.75) is 12.8 Å². The number of anilines is 1. The molecule has 2 aromatic carbocycles. The van der Waals surface area contributed by atoms with Crippen LogP contribution < -0.4 is 15.5 Å². The number of carbonyl (C=O) groups excluding carboxylic acids is 1. The van der Waals surface area contributed by atoms with E-state index in [2.05, 4.69) is 32.6 Å². The SMILES string of the molecule is O=C(NCCCc1ccccc1)NCCN1CCN(c2ccc(F)cc2)CC1. The zero-order chi connectivity index (χ0) is 19.6. The summed E-state index contributed by atoms with van der Waals surface area (Å²) in [5, 5.41) is 5.85. The van der Waals surface area contributed by atoms with E-state index < -0.39 is 0 Å². The van der Waals surface area contributed by atoms with Crippen LogP contribution in [0, 0.1) is 5.82 Å². The molecule has 0 unspecified atom stereocenters. The van der Waals surface area contributed by atoms with Gasteiger partial charge < -0.3 is 15.5 Å². The molecule has 0 aliphatic carbocycles. The third-order valence-electron chi connectivity index (χ3n) is 5.05. The standard InChI is InChI=1S/C22H29FN4O/c23-20-8-10-21(11-9-20)27-17-15-26(16-18-27)14-13-25-22(28)24-12-4-7-19-5-2-1-3-6-19/h1-3,5-6,8-11H,4,7,12-18H2,(H2,24,25,28). The lowest BCUT2D eigenvalue weighted by atomic mass is 10.1. The summed E-state index contributed by atoms with van der Waals surface area (Å²) >= 11 is 0. The number of hydrogen-bond acceptors (Lipinski definition) is 3. The van der Waals surface area contributed by atoms with E-state index in [0.717, 1.165) is 51.3 Å². The molecule has 2 N–H and O–H groups in total. The first-order valence-electron chi connectivity index (χ1n) is 9.99. The van der Waals surface area contributed by atoms with E-state index in [9.17, 15) is 9.18 Å². The molecule has 1 aliphatic heterocycles. The fourth-order valence-corrected chi connectivity index (χ4v) is 3.41. The van der Waals surface area contributed by atoms with Crippen LogP contribution in [0.2, 0.25) is 0 Å². The van der Waals surface area contributed by atoms with Gasteiger partial charge >= 0.3 is 6.03 Å². The maximum absolute atomic E-state index is 13.0. The molecule has 0 saturated carbocycles. The zero-order valence-corrected chi connectivity index (χ0v) is 16.2. The van der Waals surface area contributed by atoms with E-state index in [1.54, 1.807) is 0 Å². The Hall–Kier alpha value is -2.60. The molecule has 5 nitrogen and oxygen atoms in total. The van der Waals surface area contributed by atoms with Crippen LogP contribution in [0.25, 0.3) is 0 Å². The molecule has 0 atom stereocenters. The minimum Gasteiger partial charge on any atom is -0.369 e. The molecular weight excluding hydrogens is 355 g/mol. The lowest BCUT2D eigenvalue weighted by molar-refractivity contribution is 0.232. The molecule has 1 aliphatic rings. The number of rotatable bonds is 8. The highest BCUT2D eigenvalue weighted by atomic mass is 19.1. The Bertz CT molecular complexity index is 715. The van der Waals surface area contributed by atoms with Crippen LogP contribution in [0.15, 0.2) is 54.6 Å². The first-order chi connectivity index (χ1) is 13.7. The third-order valence-corrected chi connectivity index (χ3v) is 5.05. The first kappa shape index (κ1) is 20.1. The van der Waals surface area contributed by atoms with Crippen molar-refractivity contribution < 1.29 is 9.18 Å². The minimum atomic E-state index is -0.202. The molecule has 0 bridgehead atoms. The molecule has 2 aromatic rings. The van der Waals surface area contributed by atoms with E-state index in [-0.39, 0.29) is 11.8 Å². The number of piperazine rings is 1. The highest BCUT2D eigenvalue weighted by Gasteiger charge is 2.17. The fraction of sp³-hybridized carbons (Fsp3) is 0.409. The normalized spacial score (nSPS) is 14.7. The predicted octanol–water partition coefficient (Wildman–Crippen LogP) is 2.88. The quantitative estimate of drug-likeness (QED) is 0.688. The van der Waals surface area contributed by atoms with E-state index >= 15 is 0 Å². The van der Waals surface area contributed by atoms with Gasteiger partial charge in [-0.25, -0.2) is 9.18 Å². The van der Waals surface area contributed by atoms with Crippen LogP contribution in [0.1, 0.15) is 12.0 Å². The Labute approximate surface area is 166 Å². The van der Waals surface area contributed by atoms with Crippen molar-refractivity contribution >= 4 is 11.7 Å². The molecule has 6 heteroatoms. The maximum atomic E-state index is 13.0. The van der Waals surface area contributed by atoms with Gasteiger partial charge in [0.15, 0.2) is 0 Å². The molecule has 0 spiro atoms. The number of nitrogens with zero attached hydrogens (tertiary/aromatic N) is 2. The van der Waals surface area contributed by atoms with Crippen molar-refractivity contribution in [2.24, 2.45) is 0 Å². The smallest absolute Gasteiger partial charge is 0.314 e. The van der Waals surface area contributed by atoms with Crippen LogP contribution in [0.3, 0.4) is 0 Å². The van der Waals surface area contributed by atoms with Crippen molar-refractivity contribution in [3.63, 3.8) is 0 Å². The van der Waals surface area contributed by atoms with Gasteiger partial charge in [0.05, 0.1) is 0 Å². The second-order valence-corrected chi connectivity index (χ2v) is 7.08. The van der Waals surface area contributed by atoms with Gasteiger partial charge in [0, 0.05) is 51.5 Å². The zero-order valence-electron chi connectivity index (χ0n) is 16.2. The summed E-state index contributed by atoms with van der Waals surface area (Å²) in [4.78, 5) is 16.5. The number of benzene rings is 2. The molecule has 1 heterocycles. The Balaban J connectivity index is 1.24. The van der Waals surface area contributed by atoms with E-state index in [0.29, 0.717) is 13.1 Å². The highest BCUT2D eigenvalue weighted by molar-refractivity contribution is 5.73. The van der Waals surface area contributed by atoms with E-state index in [1.165, 1.54) is 17.7 Å². The first-order valence-corrected chi connectivity index (χ1v) is 9.99. The van der Waals surface area contributed by atoms with Crippen molar-refractivity contribution in [3.8, 4) is 0 Å². The topological polar surface area (TPSA) is 47.6 Å². The van der Waals surface area contributed by atoms with Gasteiger partial charge in [0.1, 0.15) is 5.82 Å². The maximum Gasteiger partial charge on any atom is 0.314 e. The van der Waals surface area contributed by atoms with Crippen molar-refractivity contribution in [1.82, 2.24) is 15.5 Å². The number of hydrogen-bond donors (Lipinski definition) is 2. The Morgan fingerprint density at radius 2 is 1.57 bits per heavy atom. The molecule has 0 radical (unpaired) electrons. The van der Waals surface area contributed by atoms with Crippen LogP contribution in [-0.4, -0.2) is 56.7 Å². The summed E-state index contributed by atoms with van der Waals surface area (Å²) in [5.41, 5.74) is 2.36. The second kappa shape index (κ2) is 10.7. The largest absolute Gasteiger partial charge is 0.369 e. The second-order valence-electron chi connectivity index (χ2n) is 7.08. The van der Waals surface area contributed by atoms with Crippen molar-refractivity contribution in [3.05, 3.63) is 66.0 Å². The Morgan fingerprint density at radius 1 is 0.893 bits per heavy atom. The van der Waals surface area contributed by atoms with Crippen LogP contribution in [0.5, 0.6) is 0 Å². The van der Waals surface area contributed by atoms with Crippen molar-refractivity contribution in [1.29, 1.82) is 0 Å².